The van der Waals surface area contributed by atoms with Gasteiger partial charge in [-0.1, -0.05) is 13.3 Å². The molecular weight excluding hydrogens is 282 g/mol. The van der Waals surface area contributed by atoms with Crippen LogP contribution in [0.1, 0.15) is 43.2 Å². The maximum absolute atomic E-state index is 12.2. The molecule has 5 nitrogen and oxygen atoms in total. The summed E-state index contributed by atoms with van der Waals surface area (Å²) in [4.78, 5) is 25.3. The molecule has 1 saturated heterocycles. The van der Waals surface area contributed by atoms with Gasteiger partial charge in [0.1, 0.15) is 0 Å². The zero-order valence-electron chi connectivity index (χ0n) is 11.4. The fourth-order valence-electron chi connectivity index (χ4n) is 2.77. The van der Waals surface area contributed by atoms with Crippen molar-refractivity contribution in [2.75, 3.05) is 13.1 Å². The van der Waals surface area contributed by atoms with Crippen LogP contribution in [0, 0.1) is 5.41 Å². The van der Waals surface area contributed by atoms with E-state index in [4.69, 9.17) is 16.0 Å². The smallest absolute Gasteiger partial charge is 0.309 e. The topological polar surface area (TPSA) is 70.8 Å². The number of carbonyl (C=O) groups excluding carboxylic acids is 1. The van der Waals surface area contributed by atoms with E-state index in [0.29, 0.717) is 32.4 Å². The summed E-state index contributed by atoms with van der Waals surface area (Å²) in [6.45, 7) is 2.85. The average molecular weight is 300 g/mol. The predicted octanol–water partition coefficient (Wildman–Crippen LogP) is 3.04. The fourth-order valence-corrected chi connectivity index (χ4v) is 2.92. The standard InChI is InChI=1S/C14H18ClNO4/c1-2-5-14(13(18)19)6-8-16(9-7-14)12(17)10-3-4-11(15)20-10/h3-4H,2,5-9H2,1H3,(H,18,19). The van der Waals surface area contributed by atoms with Crippen molar-refractivity contribution in [2.45, 2.75) is 32.6 Å². The van der Waals surface area contributed by atoms with Crippen LogP contribution >= 0.6 is 11.6 Å². The van der Waals surface area contributed by atoms with Gasteiger partial charge in [0.25, 0.3) is 5.91 Å². The van der Waals surface area contributed by atoms with Crippen molar-refractivity contribution in [3.63, 3.8) is 0 Å². The van der Waals surface area contributed by atoms with Crippen LogP contribution in [0.15, 0.2) is 16.5 Å². The highest BCUT2D eigenvalue weighted by atomic mass is 35.5. The molecule has 1 aliphatic heterocycles. The monoisotopic (exact) mass is 299 g/mol. The molecule has 0 unspecified atom stereocenters. The third-order valence-corrected chi connectivity index (χ3v) is 4.18. The highest BCUT2D eigenvalue weighted by molar-refractivity contribution is 6.29. The molecule has 20 heavy (non-hydrogen) atoms. The summed E-state index contributed by atoms with van der Waals surface area (Å²) in [5.74, 6) is -0.784. The Morgan fingerprint density at radius 3 is 2.50 bits per heavy atom. The number of halogens is 1. The molecule has 2 rings (SSSR count). The summed E-state index contributed by atoms with van der Waals surface area (Å²) < 4.78 is 5.10. The molecule has 0 atom stereocenters. The molecule has 110 valence electrons. The minimum absolute atomic E-state index is 0.177. The van der Waals surface area contributed by atoms with Gasteiger partial charge in [0, 0.05) is 13.1 Å². The number of furan rings is 1. The summed E-state index contributed by atoms with van der Waals surface area (Å²) >= 11 is 5.66. The Balaban J connectivity index is 2.03. The Morgan fingerprint density at radius 1 is 1.40 bits per heavy atom. The first kappa shape index (κ1) is 14.9. The lowest BCUT2D eigenvalue weighted by atomic mass is 9.75. The van der Waals surface area contributed by atoms with Gasteiger partial charge in [-0.25, -0.2) is 0 Å². The van der Waals surface area contributed by atoms with Crippen molar-refractivity contribution in [1.82, 2.24) is 4.90 Å². The summed E-state index contributed by atoms with van der Waals surface area (Å²) in [5.41, 5.74) is -0.688. The van der Waals surface area contributed by atoms with E-state index in [-0.39, 0.29) is 16.9 Å². The van der Waals surface area contributed by atoms with E-state index in [1.807, 2.05) is 6.92 Å². The zero-order chi connectivity index (χ0) is 14.8. The lowest BCUT2D eigenvalue weighted by Crippen LogP contribution is -2.46. The van der Waals surface area contributed by atoms with Gasteiger partial charge in [0.05, 0.1) is 5.41 Å². The SMILES string of the molecule is CCCC1(C(=O)O)CCN(C(=O)c2ccc(Cl)o2)CC1. The molecule has 0 aromatic carbocycles. The number of hydrogen-bond donors (Lipinski definition) is 1. The number of piperidine rings is 1. The van der Waals surface area contributed by atoms with E-state index >= 15 is 0 Å². The minimum atomic E-state index is -0.757. The van der Waals surface area contributed by atoms with Gasteiger partial charge in [0.2, 0.25) is 0 Å². The summed E-state index contributed by atoms with van der Waals surface area (Å²) in [6, 6.07) is 3.06. The molecule has 1 N–H and O–H groups in total. The lowest BCUT2D eigenvalue weighted by Gasteiger charge is -2.38. The number of amides is 1. The highest BCUT2D eigenvalue weighted by Crippen LogP contribution is 2.37. The Labute approximate surface area is 122 Å². The molecule has 0 spiro atoms. The van der Waals surface area contributed by atoms with E-state index in [1.54, 1.807) is 4.90 Å². The van der Waals surface area contributed by atoms with Gasteiger partial charge in [-0.2, -0.15) is 0 Å². The number of rotatable bonds is 4. The Hall–Kier alpha value is -1.49. The van der Waals surface area contributed by atoms with Crippen LogP contribution in [-0.2, 0) is 4.79 Å². The first-order chi connectivity index (χ1) is 9.48. The first-order valence-corrected chi connectivity index (χ1v) is 7.14. The molecule has 1 fully saturated rings. The maximum atomic E-state index is 12.2. The Kier molecular flexibility index (Phi) is 4.38. The molecule has 0 aliphatic carbocycles. The van der Waals surface area contributed by atoms with Gasteiger partial charge >= 0.3 is 5.97 Å². The summed E-state index contributed by atoms with van der Waals surface area (Å²) in [5, 5.41) is 9.60. The number of aliphatic carboxylic acids is 1. The third-order valence-electron chi connectivity index (χ3n) is 3.97. The first-order valence-electron chi connectivity index (χ1n) is 6.76. The molecule has 6 heteroatoms. The van der Waals surface area contributed by atoms with Crippen molar-refractivity contribution in [2.24, 2.45) is 5.41 Å². The van der Waals surface area contributed by atoms with Gasteiger partial charge in [-0.15, -0.1) is 0 Å². The zero-order valence-corrected chi connectivity index (χ0v) is 12.2. The second kappa shape index (κ2) is 5.87. The number of nitrogens with zero attached hydrogens (tertiary/aromatic N) is 1. The van der Waals surface area contributed by atoms with Gasteiger partial charge in [0.15, 0.2) is 11.0 Å². The third kappa shape index (κ3) is 2.82. The predicted molar refractivity (Wildman–Crippen MR) is 73.8 cm³/mol. The largest absolute Gasteiger partial charge is 0.481 e. The quantitative estimate of drug-likeness (QED) is 0.927. The number of hydrogen-bond acceptors (Lipinski definition) is 3. The molecule has 0 saturated carbocycles. The molecule has 1 aromatic rings. The van der Waals surface area contributed by atoms with Crippen LogP contribution in [0.25, 0.3) is 0 Å². The normalized spacial score (nSPS) is 18.0. The average Bonchev–Trinajstić information content (AvgIpc) is 2.85. The van der Waals surface area contributed by atoms with Gasteiger partial charge in [-0.05, 0) is 43.0 Å². The molecule has 2 heterocycles. The molecular formula is C14H18ClNO4. The van der Waals surface area contributed by atoms with Crippen molar-refractivity contribution < 1.29 is 19.1 Å². The van der Waals surface area contributed by atoms with Gasteiger partial charge < -0.3 is 14.4 Å². The molecule has 0 bridgehead atoms. The van der Waals surface area contributed by atoms with Crippen LogP contribution in [0.3, 0.4) is 0 Å². The molecule has 1 aromatic heterocycles. The number of carboxylic acid groups (broad SMARTS) is 1. The van der Waals surface area contributed by atoms with Crippen molar-refractivity contribution in [3.8, 4) is 0 Å². The maximum Gasteiger partial charge on any atom is 0.309 e. The highest BCUT2D eigenvalue weighted by Gasteiger charge is 2.41. The van der Waals surface area contributed by atoms with E-state index in [0.717, 1.165) is 6.42 Å². The van der Waals surface area contributed by atoms with E-state index in [2.05, 4.69) is 0 Å². The van der Waals surface area contributed by atoms with E-state index < -0.39 is 11.4 Å². The van der Waals surface area contributed by atoms with Crippen LogP contribution in [0.5, 0.6) is 0 Å². The molecule has 1 aliphatic rings. The number of carbonyl (C=O) groups is 2. The van der Waals surface area contributed by atoms with E-state index in [9.17, 15) is 14.7 Å². The second-order valence-corrected chi connectivity index (χ2v) is 5.60. The summed E-state index contributed by atoms with van der Waals surface area (Å²) in [7, 11) is 0. The molecule has 1 amide bonds. The Morgan fingerprint density at radius 2 is 2.05 bits per heavy atom. The van der Waals surface area contributed by atoms with Crippen molar-refractivity contribution >= 4 is 23.5 Å². The molecule has 0 radical (unpaired) electrons. The van der Waals surface area contributed by atoms with Crippen LogP contribution in [-0.4, -0.2) is 35.0 Å². The van der Waals surface area contributed by atoms with Crippen molar-refractivity contribution in [3.05, 3.63) is 23.1 Å². The second-order valence-electron chi connectivity index (χ2n) is 5.23. The van der Waals surface area contributed by atoms with Crippen LogP contribution in [0.4, 0.5) is 0 Å². The summed E-state index contributed by atoms with van der Waals surface area (Å²) in [6.07, 6.45) is 2.44. The minimum Gasteiger partial charge on any atom is -0.481 e. The fraction of sp³-hybridized carbons (Fsp3) is 0.571. The van der Waals surface area contributed by atoms with Crippen molar-refractivity contribution in [1.29, 1.82) is 0 Å². The number of likely N-dealkylation sites (tertiary alicyclic amines) is 1. The van der Waals surface area contributed by atoms with Gasteiger partial charge in [-0.3, -0.25) is 9.59 Å². The Bertz CT molecular complexity index is 503. The number of carboxylic acids is 1. The lowest BCUT2D eigenvalue weighted by molar-refractivity contribution is -0.152. The van der Waals surface area contributed by atoms with E-state index in [1.165, 1.54) is 12.1 Å². The van der Waals surface area contributed by atoms with Crippen LogP contribution < -0.4 is 0 Å². The van der Waals surface area contributed by atoms with Crippen LogP contribution in [0.2, 0.25) is 5.22 Å².